The lowest BCUT2D eigenvalue weighted by Crippen LogP contribution is -2.10. The molecule has 0 aromatic carbocycles. The maximum Gasteiger partial charge on any atom is 0.308 e. The maximum atomic E-state index is 13.4. The van der Waals surface area contributed by atoms with Crippen molar-refractivity contribution in [2.24, 2.45) is 13.0 Å². The molecule has 152 valence electrons. The van der Waals surface area contributed by atoms with Gasteiger partial charge in [0.1, 0.15) is 17.9 Å². The third kappa shape index (κ3) is 4.28. The van der Waals surface area contributed by atoms with E-state index in [1.165, 1.54) is 34.5 Å². The summed E-state index contributed by atoms with van der Waals surface area (Å²) in [6.07, 6.45) is 2.19. The van der Waals surface area contributed by atoms with Crippen LogP contribution in [0.1, 0.15) is 43.3 Å². The average Bonchev–Trinajstić information content (AvgIpc) is 3.25. The van der Waals surface area contributed by atoms with Gasteiger partial charge in [0.05, 0.1) is 23.3 Å². The molecule has 29 heavy (non-hydrogen) atoms. The molecule has 1 aliphatic carbocycles. The van der Waals surface area contributed by atoms with E-state index in [1.807, 2.05) is 0 Å². The molecule has 0 N–H and O–H groups in total. The molecule has 1 fully saturated rings. The Morgan fingerprint density at radius 1 is 1.34 bits per heavy atom. The van der Waals surface area contributed by atoms with Crippen LogP contribution in [0.2, 0.25) is 0 Å². The van der Waals surface area contributed by atoms with E-state index in [0.717, 1.165) is 19.0 Å². The molecule has 3 aromatic rings. The molecular weight excluding hydrogens is 384 g/mol. The topological polar surface area (TPSA) is 101 Å². The summed E-state index contributed by atoms with van der Waals surface area (Å²) in [5.41, 5.74) is 1.45. The molecule has 1 aliphatic rings. The Hall–Kier alpha value is -3.24. The first kappa shape index (κ1) is 19.1. The van der Waals surface area contributed by atoms with E-state index in [0.29, 0.717) is 17.3 Å². The van der Waals surface area contributed by atoms with E-state index in [9.17, 15) is 13.6 Å². The number of alkyl halides is 2. The van der Waals surface area contributed by atoms with Gasteiger partial charge in [-0.2, -0.15) is 15.0 Å². The SMILES string of the molecule is CC(=O)Oc1ccc(-c2nnn(C)c2Cn2ncc(CC3CC3)n2)nc1C(F)F. The Labute approximate surface area is 164 Å². The van der Waals surface area contributed by atoms with Crippen molar-refractivity contribution in [3.8, 4) is 17.1 Å². The van der Waals surface area contributed by atoms with Crippen LogP contribution in [-0.2, 0) is 24.8 Å². The summed E-state index contributed by atoms with van der Waals surface area (Å²) < 4.78 is 33.2. The lowest BCUT2D eigenvalue weighted by atomic mass is 10.2. The van der Waals surface area contributed by atoms with Gasteiger partial charge in [-0.15, -0.1) is 5.10 Å². The zero-order valence-electron chi connectivity index (χ0n) is 15.9. The minimum Gasteiger partial charge on any atom is -0.425 e. The first-order valence-electron chi connectivity index (χ1n) is 9.16. The van der Waals surface area contributed by atoms with Crippen molar-refractivity contribution in [2.75, 3.05) is 0 Å². The molecule has 0 amide bonds. The van der Waals surface area contributed by atoms with Crippen molar-refractivity contribution >= 4 is 5.97 Å². The molecule has 1 saturated carbocycles. The number of hydrogen-bond donors (Lipinski definition) is 0. The van der Waals surface area contributed by atoms with Gasteiger partial charge in [-0.25, -0.2) is 18.4 Å². The minimum absolute atomic E-state index is 0.199. The minimum atomic E-state index is -2.91. The van der Waals surface area contributed by atoms with Crippen LogP contribution >= 0.6 is 0 Å². The van der Waals surface area contributed by atoms with Gasteiger partial charge < -0.3 is 4.74 Å². The van der Waals surface area contributed by atoms with E-state index in [2.05, 4.69) is 25.5 Å². The molecule has 0 saturated heterocycles. The quantitative estimate of drug-likeness (QED) is 0.558. The molecule has 0 radical (unpaired) electrons. The van der Waals surface area contributed by atoms with Gasteiger partial charge in [0.2, 0.25) is 0 Å². The summed E-state index contributed by atoms with van der Waals surface area (Å²) in [5, 5.41) is 16.8. The predicted octanol–water partition coefficient (Wildman–Crippen LogP) is 2.33. The molecule has 4 rings (SSSR count). The average molecular weight is 403 g/mol. The maximum absolute atomic E-state index is 13.4. The third-order valence-corrected chi connectivity index (χ3v) is 4.60. The van der Waals surface area contributed by atoms with Crippen molar-refractivity contribution in [3.05, 3.63) is 35.4 Å². The number of pyridine rings is 1. The van der Waals surface area contributed by atoms with E-state index in [4.69, 9.17) is 4.74 Å². The van der Waals surface area contributed by atoms with Gasteiger partial charge in [0, 0.05) is 14.0 Å². The number of carbonyl (C=O) groups is 1. The van der Waals surface area contributed by atoms with E-state index in [1.54, 1.807) is 13.2 Å². The van der Waals surface area contributed by atoms with Crippen LogP contribution in [0.4, 0.5) is 8.78 Å². The molecule has 0 unspecified atom stereocenters. The molecule has 0 atom stereocenters. The number of esters is 1. The first-order chi connectivity index (χ1) is 13.9. The van der Waals surface area contributed by atoms with Crippen LogP contribution in [0.3, 0.4) is 0 Å². The van der Waals surface area contributed by atoms with Gasteiger partial charge in [-0.3, -0.25) is 4.79 Å². The Morgan fingerprint density at radius 2 is 2.14 bits per heavy atom. The standard InChI is InChI=1S/C18H19F2N7O2/c1-10(28)29-15-6-5-13(22-17(15)18(19)20)16-14(26(2)25-23-16)9-27-21-8-12(24-27)7-11-3-4-11/h5-6,8,11,18H,3-4,7,9H2,1-2H3. The third-order valence-electron chi connectivity index (χ3n) is 4.60. The Kier molecular flexibility index (Phi) is 5.03. The summed E-state index contributed by atoms with van der Waals surface area (Å²) in [7, 11) is 1.70. The largest absolute Gasteiger partial charge is 0.425 e. The lowest BCUT2D eigenvalue weighted by Gasteiger charge is -2.09. The Morgan fingerprint density at radius 3 is 2.83 bits per heavy atom. The summed E-state index contributed by atoms with van der Waals surface area (Å²) >= 11 is 0. The number of rotatable bonds is 7. The summed E-state index contributed by atoms with van der Waals surface area (Å²) in [4.78, 5) is 16.6. The molecule has 3 aromatic heterocycles. The highest BCUT2D eigenvalue weighted by Gasteiger charge is 2.24. The van der Waals surface area contributed by atoms with Crippen LogP contribution in [0, 0.1) is 5.92 Å². The van der Waals surface area contributed by atoms with Crippen LogP contribution in [0.15, 0.2) is 18.3 Å². The number of nitrogens with zero attached hydrogens (tertiary/aromatic N) is 7. The van der Waals surface area contributed by atoms with Gasteiger partial charge in [-0.05, 0) is 37.3 Å². The van der Waals surface area contributed by atoms with Crippen LogP contribution in [0.5, 0.6) is 5.75 Å². The fraction of sp³-hybridized carbons (Fsp3) is 0.444. The number of carbonyl (C=O) groups excluding carboxylic acids is 1. The summed E-state index contributed by atoms with van der Waals surface area (Å²) in [5.74, 6) is -0.282. The zero-order chi connectivity index (χ0) is 20.5. The van der Waals surface area contributed by atoms with Crippen LogP contribution in [0.25, 0.3) is 11.4 Å². The van der Waals surface area contributed by atoms with Crippen LogP contribution in [-0.4, -0.2) is 40.9 Å². The Balaban J connectivity index is 1.63. The van der Waals surface area contributed by atoms with Crippen molar-refractivity contribution in [1.29, 1.82) is 0 Å². The highest BCUT2D eigenvalue weighted by molar-refractivity contribution is 5.70. The summed E-state index contributed by atoms with van der Waals surface area (Å²) in [6, 6.07) is 2.75. The highest BCUT2D eigenvalue weighted by atomic mass is 19.3. The number of halogens is 2. The zero-order valence-corrected chi connectivity index (χ0v) is 15.9. The molecule has 0 aliphatic heterocycles. The van der Waals surface area contributed by atoms with E-state index < -0.39 is 18.1 Å². The number of aryl methyl sites for hydroxylation is 1. The number of hydrogen-bond acceptors (Lipinski definition) is 7. The van der Waals surface area contributed by atoms with E-state index >= 15 is 0 Å². The predicted molar refractivity (Wildman–Crippen MR) is 96.1 cm³/mol. The smallest absolute Gasteiger partial charge is 0.308 e. The number of aromatic nitrogens is 7. The van der Waals surface area contributed by atoms with Crippen LogP contribution < -0.4 is 4.74 Å². The molecule has 0 spiro atoms. The van der Waals surface area contributed by atoms with Gasteiger partial charge >= 0.3 is 5.97 Å². The fourth-order valence-electron chi connectivity index (χ4n) is 3.00. The second kappa shape index (κ2) is 7.64. The molecule has 0 bridgehead atoms. The second-order valence-electron chi connectivity index (χ2n) is 7.00. The van der Waals surface area contributed by atoms with Crippen molar-refractivity contribution < 1.29 is 18.3 Å². The normalized spacial score (nSPS) is 13.8. The molecule has 9 nitrogen and oxygen atoms in total. The monoisotopic (exact) mass is 403 g/mol. The van der Waals surface area contributed by atoms with Crippen molar-refractivity contribution in [1.82, 2.24) is 35.0 Å². The van der Waals surface area contributed by atoms with E-state index in [-0.39, 0.29) is 18.0 Å². The fourth-order valence-corrected chi connectivity index (χ4v) is 3.00. The Bertz CT molecular complexity index is 1040. The lowest BCUT2D eigenvalue weighted by molar-refractivity contribution is -0.132. The van der Waals surface area contributed by atoms with Gasteiger partial charge in [0.15, 0.2) is 5.75 Å². The molecule has 3 heterocycles. The van der Waals surface area contributed by atoms with Gasteiger partial charge in [-0.1, -0.05) is 5.21 Å². The number of ether oxygens (including phenoxy) is 1. The molecular formula is C18H19F2N7O2. The van der Waals surface area contributed by atoms with Crippen molar-refractivity contribution in [2.45, 2.75) is 39.2 Å². The first-order valence-corrected chi connectivity index (χ1v) is 9.16. The van der Waals surface area contributed by atoms with Crippen molar-refractivity contribution in [3.63, 3.8) is 0 Å². The molecule has 11 heteroatoms. The van der Waals surface area contributed by atoms with Gasteiger partial charge in [0.25, 0.3) is 6.43 Å². The summed E-state index contributed by atoms with van der Waals surface area (Å²) in [6.45, 7) is 1.40. The second-order valence-corrected chi connectivity index (χ2v) is 7.00. The highest BCUT2D eigenvalue weighted by Crippen LogP contribution is 2.32.